The minimum absolute atomic E-state index is 0.0529. The highest BCUT2D eigenvalue weighted by Crippen LogP contribution is 2.21. The summed E-state index contributed by atoms with van der Waals surface area (Å²) in [4.78, 5) is 39.7. The van der Waals surface area contributed by atoms with Gasteiger partial charge in [0.15, 0.2) is 5.69 Å². The van der Waals surface area contributed by atoms with Crippen LogP contribution in [-0.2, 0) is 0 Å². The van der Waals surface area contributed by atoms with Crippen molar-refractivity contribution in [3.8, 4) is 11.4 Å². The van der Waals surface area contributed by atoms with Crippen LogP contribution in [0.15, 0.2) is 54.7 Å². The van der Waals surface area contributed by atoms with E-state index in [1.807, 2.05) is 13.0 Å². The number of aryl methyl sites for hydroxylation is 1. The smallest absolute Gasteiger partial charge is 0.274 e. The first-order valence-electron chi connectivity index (χ1n) is 10.4. The van der Waals surface area contributed by atoms with Gasteiger partial charge in [-0.1, -0.05) is 12.1 Å². The maximum atomic E-state index is 12.9. The topological polar surface area (TPSA) is 111 Å². The molecular formula is C23H23N5O5. The lowest BCUT2D eigenvalue weighted by Gasteiger charge is -2.34. The fourth-order valence-electron chi connectivity index (χ4n) is 3.74. The lowest BCUT2D eigenvalue weighted by molar-refractivity contribution is -0.384. The Labute approximate surface area is 190 Å². The summed E-state index contributed by atoms with van der Waals surface area (Å²) in [5, 5.41) is 15.3. The number of amides is 2. The molecule has 1 fully saturated rings. The van der Waals surface area contributed by atoms with Crippen molar-refractivity contribution in [3.63, 3.8) is 0 Å². The lowest BCUT2D eigenvalue weighted by Crippen LogP contribution is -2.50. The standard InChI is InChI=1S/C23H23N5O5/c1-16-6-7-17(14-21(16)33-2)22(29)25-10-12-26(13-11-25)23(30)20-8-9-27(24-20)18-4-3-5-19(15-18)28(31)32/h3-9,14-15H,10-13H2,1-2H3. The van der Waals surface area contributed by atoms with E-state index < -0.39 is 4.92 Å². The molecule has 2 amide bonds. The number of methoxy groups -OCH3 is 1. The molecule has 0 radical (unpaired) electrons. The molecule has 1 aliphatic heterocycles. The van der Waals surface area contributed by atoms with Crippen LogP contribution in [0.4, 0.5) is 5.69 Å². The van der Waals surface area contributed by atoms with E-state index in [0.29, 0.717) is 43.2 Å². The van der Waals surface area contributed by atoms with Crippen LogP contribution in [0.1, 0.15) is 26.4 Å². The number of piperazine rings is 1. The summed E-state index contributed by atoms with van der Waals surface area (Å²) in [7, 11) is 1.57. The molecule has 0 aliphatic carbocycles. The summed E-state index contributed by atoms with van der Waals surface area (Å²) in [6, 6.07) is 13.0. The third kappa shape index (κ3) is 4.54. The molecule has 1 aromatic heterocycles. The number of nitro groups is 1. The van der Waals surface area contributed by atoms with Crippen LogP contribution in [0.5, 0.6) is 5.75 Å². The highest BCUT2D eigenvalue weighted by Gasteiger charge is 2.27. The van der Waals surface area contributed by atoms with Crippen molar-refractivity contribution in [3.05, 3.63) is 81.7 Å². The number of hydrogen-bond donors (Lipinski definition) is 0. The number of ether oxygens (including phenoxy) is 1. The molecule has 0 bridgehead atoms. The number of carbonyl (C=O) groups excluding carboxylic acids is 2. The van der Waals surface area contributed by atoms with Gasteiger partial charge in [0.25, 0.3) is 17.5 Å². The Morgan fingerprint density at radius 1 is 1.00 bits per heavy atom. The maximum Gasteiger partial charge on any atom is 0.274 e. The van der Waals surface area contributed by atoms with Crippen LogP contribution in [0.25, 0.3) is 5.69 Å². The highest BCUT2D eigenvalue weighted by atomic mass is 16.6. The molecule has 1 aliphatic rings. The molecule has 4 rings (SSSR count). The third-order valence-electron chi connectivity index (χ3n) is 5.62. The zero-order valence-corrected chi connectivity index (χ0v) is 18.3. The van der Waals surface area contributed by atoms with Crippen LogP contribution in [0.2, 0.25) is 0 Å². The van der Waals surface area contributed by atoms with Crippen LogP contribution in [-0.4, -0.2) is 69.6 Å². The summed E-state index contributed by atoms with van der Waals surface area (Å²) >= 11 is 0. The fraction of sp³-hybridized carbons (Fsp3) is 0.261. The quantitative estimate of drug-likeness (QED) is 0.437. The SMILES string of the molecule is COc1cc(C(=O)N2CCN(C(=O)c3ccn(-c4cccc([N+](=O)[O-])c4)n3)CC2)ccc1C. The average molecular weight is 449 g/mol. The van der Waals surface area contributed by atoms with Gasteiger partial charge in [0.1, 0.15) is 5.75 Å². The number of aromatic nitrogens is 2. The molecule has 10 heteroatoms. The summed E-state index contributed by atoms with van der Waals surface area (Å²) < 4.78 is 6.74. The Bertz CT molecular complexity index is 1210. The van der Waals surface area contributed by atoms with Crippen molar-refractivity contribution in [2.45, 2.75) is 6.92 Å². The van der Waals surface area contributed by atoms with Crippen LogP contribution in [0, 0.1) is 17.0 Å². The molecule has 10 nitrogen and oxygen atoms in total. The van der Waals surface area contributed by atoms with Gasteiger partial charge in [-0.15, -0.1) is 0 Å². The molecule has 1 saturated heterocycles. The lowest BCUT2D eigenvalue weighted by atomic mass is 10.1. The number of non-ortho nitro benzene ring substituents is 1. The predicted molar refractivity (Wildman–Crippen MR) is 120 cm³/mol. The Kier molecular flexibility index (Phi) is 6.07. The van der Waals surface area contributed by atoms with Crippen molar-refractivity contribution in [1.82, 2.24) is 19.6 Å². The highest BCUT2D eigenvalue weighted by molar-refractivity contribution is 5.95. The molecule has 0 spiro atoms. The van der Waals surface area contributed by atoms with E-state index in [1.165, 1.54) is 16.8 Å². The van der Waals surface area contributed by atoms with Crippen LogP contribution >= 0.6 is 0 Å². The summed E-state index contributed by atoms with van der Waals surface area (Å²) in [6.45, 7) is 3.50. The van der Waals surface area contributed by atoms with E-state index in [-0.39, 0.29) is 23.2 Å². The first-order valence-corrected chi connectivity index (χ1v) is 10.4. The van der Waals surface area contributed by atoms with E-state index in [1.54, 1.807) is 53.4 Å². The van der Waals surface area contributed by atoms with E-state index in [4.69, 9.17) is 4.74 Å². The zero-order chi connectivity index (χ0) is 23.5. The molecule has 0 unspecified atom stereocenters. The largest absolute Gasteiger partial charge is 0.496 e. The van der Waals surface area contributed by atoms with Crippen molar-refractivity contribution in [2.75, 3.05) is 33.3 Å². The minimum Gasteiger partial charge on any atom is -0.496 e. The van der Waals surface area contributed by atoms with E-state index in [9.17, 15) is 19.7 Å². The second kappa shape index (κ2) is 9.11. The summed E-state index contributed by atoms with van der Waals surface area (Å²) in [6.07, 6.45) is 1.59. The zero-order valence-electron chi connectivity index (χ0n) is 18.3. The molecule has 0 N–H and O–H groups in total. The first-order chi connectivity index (χ1) is 15.9. The third-order valence-corrected chi connectivity index (χ3v) is 5.62. The number of nitrogens with zero attached hydrogens (tertiary/aromatic N) is 5. The number of hydrogen-bond acceptors (Lipinski definition) is 6. The van der Waals surface area contributed by atoms with Gasteiger partial charge in [0.05, 0.1) is 17.7 Å². The molecule has 2 aromatic carbocycles. The number of rotatable bonds is 5. The predicted octanol–water partition coefficient (Wildman–Crippen LogP) is 2.70. The summed E-state index contributed by atoms with van der Waals surface area (Å²) in [5.41, 5.74) is 2.18. The second-order valence-electron chi connectivity index (χ2n) is 7.69. The molecule has 0 saturated carbocycles. The maximum absolute atomic E-state index is 12.9. The Morgan fingerprint density at radius 2 is 1.70 bits per heavy atom. The van der Waals surface area contributed by atoms with Gasteiger partial charge in [-0.3, -0.25) is 19.7 Å². The average Bonchev–Trinajstić information content (AvgIpc) is 3.34. The van der Waals surface area contributed by atoms with Crippen molar-refractivity contribution >= 4 is 17.5 Å². The minimum atomic E-state index is -0.480. The number of nitro benzene ring substituents is 1. The van der Waals surface area contributed by atoms with Gasteiger partial charge < -0.3 is 14.5 Å². The molecule has 3 aromatic rings. The Hall–Kier alpha value is -4.21. The number of benzene rings is 2. The molecule has 33 heavy (non-hydrogen) atoms. The van der Waals surface area contributed by atoms with E-state index >= 15 is 0 Å². The van der Waals surface area contributed by atoms with Crippen molar-refractivity contribution < 1.29 is 19.2 Å². The van der Waals surface area contributed by atoms with Gasteiger partial charge in [-0.2, -0.15) is 5.10 Å². The van der Waals surface area contributed by atoms with Gasteiger partial charge in [-0.25, -0.2) is 4.68 Å². The van der Waals surface area contributed by atoms with Crippen molar-refractivity contribution in [1.29, 1.82) is 0 Å². The number of carbonyl (C=O) groups is 2. The molecule has 2 heterocycles. The normalized spacial score (nSPS) is 13.6. The monoisotopic (exact) mass is 449 g/mol. The Morgan fingerprint density at radius 3 is 2.36 bits per heavy atom. The summed E-state index contributed by atoms with van der Waals surface area (Å²) in [5.74, 6) is 0.313. The molecule has 0 atom stereocenters. The van der Waals surface area contributed by atoms with Crippen LogP contribution in [0.3, 0.4) is 0 Å². The first kappa shape index (κ1) is 22.0. The Balaban J connectivity index is 1.40. The van der Waals surface area contributed by atoms with Gasteiger partial charge >= 0.3 is 0 Å². The van der Waals surface area contributed by atoms with Gasteiger partial charge in [-0.05, 0) is 36.8 Å². The van der Waals surface area contributed by atoms with Gasteiger partial charge in [0.2, 0.25) is 0 Å². The van der Waals surface area contributed by atoms with Gasteiger partial charge in [0, 0.05) is 50.1 Å². The fourth-order valence-corrected chi connectivity index (χ4v) is 3.74. The molecular weight excluding hydrogens is 426 g/mol. The van der Waals surface area contributed by atoms with E-state index in [2.05, 4.69) is 5.10 Å². The second-order valence-corrected chi connectivity index (χ2v) is 7.69. The molecule has 170 valence electrons. The van der Waals surface area contributed by atoms with Crippen molar-refractivity contribution in [2.24, 2.45) is 0 Å². The van der Waals surface area contributed by atoms with E-state index in [0.717, 1.165) is 5.56 Å². The van der Waals surface area contributed by atoms with Crippen LogP contribution < -0.4 is 4.74 Å².